The summed E-state index contributed by atoms with van der Waals surface area (Å²) in [5, 5.41) is 12.8. The van der Waals surface area contributed by atoms with Crippen molar-refractivity contribution in [2.45, 2.75) is 25.7 Å². The third-order valence-electron chi connectivity index (χ3n) is 3.38. The molecule has 0 amide bonds. The Hall–Kier alpha value is -2.10. The van der Waals surface area contributed by atoms with Crippen molar-refractivity contribution < 1.29 is 14.4 Å². The second-order valence-electron chi connectivity index (χ2n) is 4.51. The maximum Gasteiger partial charge on any atom is 0.358 e. The van der Waals surface area contributed by atoms with Gasteiger partial charge in [0.15, 0.2) is 11.5 Å². The van der Waals surface area contributed by atoms with E-state index in [0.29, 0.717) is 5.76 Å². The Labute approximate surface area is 104 Å². The summed E-state index contributed by atoms with van der Waals surface area (Å²) in [6.45, 7) is 0. The van der Waals surface area contributed by atoms with Crippen LogP contribution in [-0.4, -0.2) is 16.2 Å². The van der Waals surface area contributed by atoms with E-state index < -0.39 is 5.97 Å². The minimum Gasteiger partial charge on any atom is -0.476 e. The number of nitrogens with zero attached hydrogens (tertiary/aromatic N) is 1. The van der Waals surface area contributed by atoms with Gasteiger partial charge in [0.25, 0.3) is 0 Å². The fourth-order valence-corrected chi connectivity index (χ4v) is 2.50. The maximum atomic E-state index is 11.1. The van der Waals surface area contributed by atoms with Crippen molar-refractivity contribution in [1.29, 1.82) is 0 Å². The van der Waals surface area contributed by atoms with Gasteiger partial charge in [-0.05, 0) is 31.2 Å². The predicted molar refractivity (Wildman–Crippen MR) is 65.5 cm³/mol. The normalized spacial score (nSPS) is 14.2. The van der Waals surface area contributed by atoms with Gasteiger partial charge in [-0.15, -0.1) is 0 Å². The second kappa shape index (κ2) is 4.29. The molecule has 1 aromatic carbocycles. The Morgan fingerprint density at radius 3 is 2.83 bits per heavy atom. The number of aromatic nitrogens is 1. The third-order valence-corrected chi connectivity index (χ3v) is 3.38. The molecule has 0 aliphatic heterocycles. The van der Waals surface area contributed by atoms with Gasteiger partial charge in [-0.1, -0.05) is 29.4 Å². The van der Waals surface area contributed by atoms with E-state index in [-0.39, 0.29) is 5.69 Å². The Bertz CT molecular complexity index is 601. The lowest BCUT2D eigenvalue weighted by Crippen LogP contribution is -2.04. The molecule has 1 aliphatic rings. The average Bonchev–Trinajstić information content (AvgIpc) is 2.75. The second-order valence-corrected chi connectivity index (χ2v) is 4.51. The molecule has 0 fully saturated rings. The molecule has 0 saturated carbocycles. The van der Waals surface area contributed by atoms with Crippen LogP contribution in [0.15, 0.2) is 28.8 Å². The smallest absolute Gasteiger partial charge is 0.358 e. The molecular formula is C14H13NO3. The van der Waals surface area contributed by atoms with Crippen LogP contribution >= 0.6 is 0 Å². The van der Waals surface area contributed by atoms with E-state index in [2.05, 4.69) is 11.2 Å². The number of aromatic carboxylic acids is 1. The Balaban J connectivity index is 2.22. The highest BCUT2D eigenvalue weighted by Crippen LogP contribution is 2.33. The molecule has 4 nitrogen and oxygen atoms in total. The fourth-order valence-electron chi connectivity index (χ4n) is 2.50. The summed E-state index contributed by atoms with van der Waals surface area (Å²) in [7, 11) is 0. The van der Waals surface area contributed by atoms with Gasteiger partial charge in [-0.25, -0.2) is 4.79 Å². The molecule has 1 aromatic heterocycles. The summed E-state index contributed by atoms with van der Waals surface area (Å²) >= 11 is 0. The fraction of sp³-hybridized carbons (Fsp3) is 0.286. The van der Waals surface area contributed by atoms with Crippen molar-refractivity contribution in [1.82, 2.24) is 5.16 Å². The SMILES string of the molecule is O=C(O)c1noc2c1CCCCc1ccccc1-2. The third kappa shape index (κ3) is 1.70. The number of aryl methyl sites for hydroxylation is 1. The van der Waals surface area contributed by atoms with Gasteiger partial charge >= 0.3 is 5.97 Å². The summed E-state index contributed by atoms with van der Waals surface area (Å²) in [6.07, 6.45) is 3.73. The summed E-state index contributed by atoms with van der Waals surface area (Å²) in [4.78, 5) is 11.1. The number of carboxylic acid groups (broad SMARTS) is 1. The highest BCUT2D eigenvalue weighted by Gasteiger charge is 2.24. The van der Waals surface area contributed by atoms with E-state index in [4.69, 9.17) is 9.63 Å². The molecule has 18 heavy (non-hydrogen) atoms. The van der Waals surface area contributed by atoms with Gasteiger partial charge in [0.2, 0.25) is 0 Å². The number of hydrogen-bond acceptors (Lipinski definition) is 3. The van der Waals surface area contributed by atoms with Gasteiger partial charge in [0.1, 0.15) is 0 Å². The van der Waals surface area contributed by atoms with E-state index in [1.807, 2.05) is 18.2 Å². The highest BCUT2D eigenvalue weighted by molar-refractivity contribution is 5.89. The van der Waals surface area contributed by atoms with Crippen molar-refractivity contribution in [3.8, 4) is 11.3 Å². The molecule has 4 heteroatoms. The number of fused-ring (bicyclic) bond motifs is 3. The van der Waals surface area contributed by atoms with Gasteiger partial charge in [-0.2, -0.15) is 0 Å². The van der Waals surface area contributed by atoms with Crippen molar-refractivity contribution in [3.63, 3.8) is 0 Å². The molecule has 0 bridgehead atoms. The quantitative estimate of drug-likeness (QED) is 0.836. The van der Waals surface area contributed by atoms with Crippen molar-refractivity contribution in [2.24, 2.45) is 0 Å². The molecule has 2 aromatic rings. The number of benzene rings is 1. The standard InChI is InChI=1S/C14H13NO3/c16-14(17)12-11-8-4-2-6-9-5-1-3-7-10(9)13(11)18-15-12/h1,3,5,7H,2,4,6,8H2,(H,16,17). The Kier molecular flexibility index (Phi) is 2.63. The predicted octanol–water partition coefficient (Wildman–Crippen LogP) is 2.92. The lowest BCUT2D eigenvalue weighted by molar-refractivity contribution is 0.0684. The summed E-state index contributed by atoms with van der Waals surface area (Å²) in [6, 6.07) is 7.96. The summed E-state index contributed by atoms with van der Waals surface area (Å²) in [5.74, 6) is -0.388. The minimum absolute atomic E-state index is 0.0571. The Morgan fingerprint density at radius 1 is 1.22 bits per heavy atom. The number of carboxylic acids is 1. The number of carbonyl (C=O) groups is 1. The van der Waals surface area contributed by atoms with Crippen LogP contribution in [-0.2, 0) is 12.8 Å². The zero-order valence-electron chi connectivity index (χ0n) is 9.85. The average molecular weight is 243 g/mol. The summed E-state index contributed by atoms with van der Waals surface area (Å²) < 4.78 is 5.28. The van der Waals surface area contributed by atoms with Crippen molar-refractivity contribution in [2.75, 3.05) is 0 Å². The van der Waals surface area contributed by atoms with Crippen LogP contribution in [0.2, 0.25) is 0 Å². The maximum absolute atomic E-state index is 11.1. The molecule has 0 atom stereocenters. The molecule has 92 valence electrons. The van der Waals surface area contributed by atoms with Gasteiger partial charge in [0.05, 0.1) is 0 Å². The minimum atomic E-state index is -1.02. The molecule has 1 heterocycles. The van der Waals surface area contributed by atoms with Crippen LogP contribution in [0.1, 0.15) is 34.5 Å². The first-order valence-corrected chi connectivity index (χ1v) is 6.07. The number of hydrogen-bond donors (Lipinski definition) is 1. The molecule has 0 saturated heterocycles. The van der Waals surface area contributed by atoms with Crippen molar-refractivity contribution in [3.05, 3.63) is 41.1 Å². The highest BCUT2D eigenvalue weighted by atomic mass is 16.5. The summed E-state index contributed by atoms with van der Waals surface area (Å²) in [5.41, 5.74) is 2.97. The van der Waals surface area contributed by atoms with E-state index in [9.17, 15) is 4.79 Å². The van der Waals surface area contributed by atoms with Crippen molar-refractivity contribution >= 4 is 5.97 Å². The van der Waals surface area contributed by atoms with E-state index >= 15 is 0 Å². The molecule has 0 unspecified atom stereocenters. The van der Waals surface area contributed by atoms with Gasteiger partial charge < -0.3 is 9.63 Å². The zero-order chi connectivity index (χ0) is 12.5. The lowest BCUT2D eigenvalue weighted by Gasteiger charge is -2.12. The van der Waals surface area contributed by atoms with E-state index in [1.54, 1.807) is 0 Å². The molecule has 3 rings (SSSR count). The molecule has 0 spiro atoms. The van der Waals surface area contributed by atoms with Crippen LogP contribution in [0, 0.1) is 0 Å². The first-order valence-electron chi connectivity index (χ1n) is 6.07. The van der Waals surface area contributed by atoms with Crippen LogP contribution < -0.4 is 0 Å². The monoisotopic (exact) mass is 243 g/mol. The van der Waals surface area contributed by atoms with E-state index in [1.165, 1.54) is 5.56 Å². The first kappa shape index (κ1) is 11.0. The molecule has 1 aliphatic carbocycles. The Morgan fingerprint density at radius 2 is 2.00 bits per heavy atom. The van der Waals surface area contributed by atoms with Crippen LogP contribution in [0.25, 0.3) is 11.3 Å². The molecule has 0 radical (unpaired) electrons. The van der Waals surface area contributed by atoms with Crippen LogP contribution in [0.5, 0.6) is 0 Å². The van der Waals surface area contributed by atoms with Crippen LogP contribution in [0.4, 0.5) is 0 Å². The zero-order valence-corrected chi connectivity index (χ0v) is 9.85. The topological polar surface area (TPSA) is 63.3 Å². The molecule has 1 N–H and O–H groups in total. The van der Waals surface area contributed by atoms with Crippen LogP contribution in [0.3, 0.4) is 0 Å². The van der Waals surface area contributed by atoms with Gasteiger partial charge in [0, 0.05) is 11.1 Å². The van der Waals surface area contributed by atoms with E-state index in [0.717, 1.165) is 36.8 Å². The lowest BCUT2D eigenvalue weighted by atomic mass is 9.92. The van der Waals surface area contributed by atoms with Gasteiger partial charge in [-0.3, -0.25) is 0 Å². The largest absolute Gasteiger partial charge is 0.476 e. The number of rotatable bonds is 1. The first-order chi connectivity index (χ1) is 8.77. The molecular weight excluding hydrogens is 230 g/mol.